The van der Waals surface area contributed by atoms with E-state index in [1.807, 2.05) is 6.92 Å². The van der Waals surface area contributed by atoms with Crippen LogP contribution in [0.2, 0.25) is 0 Å². The van der Waals surface area contributed by atoms with Crippen molar-refractivity contribution in [3.63, 3.8) is 0 Å². The summed E-state index contributed by atoms with van der Waals surface area (Å²) in [5.41, 5.74) is 2.03. The van der Waals surface area contributed by atoms with Crippen LogP contribution in [0.1, 0.15) is 5.69 Å². The van der Waals surface area contributed by atoms with E-state index in [0.717, 1.165) is 21.1 Å². The first-order chi connectivity index (χ1) is 7.75. The van der Waals surface area contributed by atoms with Gasteiger partial charge in [-0.1, -0.05) is 23.5 Å². The van der Waals surface area contributed by atoms with Crippen LogP contribution in [0, 0.1) is 12.7 Å². The molecule has 0 bridgehead atoms. The minimum atomic E-state index is -0.221. The Bertz CT molecular complexity index is 639. The Hall–Kier alpha value is -1.75. The average molecular weight is 233 g/mol. The molecule has 0 radical (unpaired) electrons. The minimum Gasteiger partial charge on any atom is -0.208 e. The molecule has 0 amide bonds. The number of fused-ring (bicyclic) bond motifs is 1. The van der Waals surface area contributed by atoms with E-state index in [0.29, 0.717) is 0 Å². The molecule has 3 aromatic rings. The molecular weight excluding hydrogens is 225 g/mol. The molecule has 0 fully saturated rings. The normalized spacial score (nSPS) is 11.1. The first kappa shape index (κ1) is 9.47. The van der Waals surface area contributed by atoms with Crippen molar-refractivity contribution in [3.8, 4) is 10.4 Å². The monoisotopic (exact) mass is 233 g/mol. The summed E-state index contributed by atoms with van der Waals surface area (Å²) < 4.78 is 14.6. The topological polar surface area (TPSA) is 30.2 Å². The van der Waals surface area contributed by atoms with Crippen molar-refractivity contribution < 1.29 is 4.39 Å². The van der Waals surface area contributed by atoms with Gasteiger partial charge in [-0.3, -0.25) is 0 Å². The fraction of sp³-hybridized carbons (Fsp3) is 0.0909. The van der Waals surface area contributed by atoms with Gasteiger partial charge in [0.25, 0.3) is 0 Å². The Morgan fingerprint density at radius 3 is 2.69 bits per heavy atom. The largest absolute Gasteiger partial charge is 0.212 e. The Morgan fingerprint density at radius 1 is 1.25 bits per heavy atom. The van der Waals surface area contributed by atoms with Crippen molar-refractivity contribution in [2.24, 2.45) is 0 Å². The third-order valence-electron chi connectivity index (χ3n) is 2.46. The highest BCUT2D eigenvalue weighted by atomic mass is 32.1. The van der Waals surface area contributed by atoms with E-state index in [1.54, 1.807) is 28.0 Å². The van der Waals surface area contributed by atoms with E-state index in [1.165, 1.54) is 18.5 Å². The second kappa shape index (κ2) is 3.38. The molecule has 0 saturated heterocycles. The quantitative estimate of drug-likeness (QED) is 0.647. The summed E-state index contributed by atoms with van der Waals surface area (Å²) in [4.78, 5) is 6.08. The van der Waals surface area contributed by atoms with Crippen LogP contribution < -0.4 is 0 Å². The van der Waals surface area contributed by atoms with Gasteiger partial charge < -0.3 is 0 Å². The van der Waals surface area contributed by atoms with Gasteiger partial charge in [0.05, 0.1) is 10.6 Å². The molecule has 80 valence electrons. The highest BCUT2D eigenvalue weighted by molar-refractivity contribution is 7.20. The van der Waals surface area contributed by atoms with Crippen LogP contribution >= 0.6 is 11.3 Å². The molecule has 16 heavy (non-hydrogen) atoms. The van der Waals surface area contributed by atoms with Crippen molar-refractivity contribution >= 4 is 16.3 Å². The van der Waals surface area contributed by atoms with Crippen LogP contribution in [-0.2, 0) is 0 Å². The summed E-state index contributed by atoms with van der Waals surface area (Å²) in [6.45, 7) is 1.98. The molecular formula is C11H8FN3S. The van der Waals surface area contributed by atoms with Gasteiger partial charge in [-0.2, -0.15) is 5.10 Å². The number of thiazole rings is 1. The Kier molecular flexibility index (Phi) is 2.00. The summed E-state index contributed by atoms with van der Waals surface area (Å²) >= 11 is 1.56. The zero-order valence-electron chi connectivity index (χ0n) is 8.51. The van der Waals surface area contributed by atoms with Crippen molar-refractivity contribution in [2.45, 2.75) is 6.92 Å². The molecule has 2 aromatic heterocycles. The predicted molar refractivity (Wildman–Crippen MR) is 61.0 cm³/mol. The zero-order chi connectivity index (χ0) is 11.1. The number of rotatable bonds is 1. The maximum Gasteiger partial charge on any atom is 0.212 e. The first-order valence-corrected chi connectivity index (χ1v) is 5.62. The fourth-order valence-corrected chi connectivity index (χ4v) is 2.70. The molecule has 5 heteroatoms. The lowest BCUT2D eigenvalue weighted by molar-refractivity contribution is 0.628. The number of halogens is 1. The smallest absolute Gasteiger partial charge is 0.208 e. The highest BCUT2D eigenvalue weighted by Gasteiger charge is 2.11. The fourth-order valence-electron chi connectivity index (χ4n) is 1.66. The van der Waals surface area contributed by atoms with Gasteiger partial charge in [0.2, 0.25) is 4.96 Å². The second-order valence-electron chi connectivity index (χ2n) is 3.48. The van der Waals surface area contributed by atoms with Crippen LogP contribution in [0.15, 0.2) is 30.6 Å². The van der Waals surface area contributed by atoms with Crippen molar-refractivity contribution in [1.29, 1.82) is 0 Å². The Morgan fingerprint density at radius 2 is 2.00 bits per heavy atom. The number of hydrogen-bond donors (Lipinski definition) is 0. The molecule has 0 N–H and O–H groups in total. The highest BCUT2D eigenvalue weighted by Crippen LogP contribution is 2.31. The molecule has 0 aliphatic rings. The summed E-state index contributed by atoms with van der Waals surface area (Å²) in [6.07, 6.45) is 1.53. The third-order valence-corrected chi connectivity index (χ3v) is 3.66. The van der Waals surface area contributed by atoms with Crippen molar-refractivity contribution in [1.82, 2.24) is 14.6 Å². The molecule has 3 nitrogen and oxygen atoms in total. The summed E-state index contributed by atoms with van der Waals surface area (Å²) in [6, 6.07) is 6.47. The SMILES string of the molecule is Cc1c(-c2ccc(F)cc2)sc2ncnn12. The van der Waals surface area contributed by atoms with E-state index in [-0.39, 0.29) is 5.82 Å². The molecule has 0 aliphatic carbocycles. The maximum absolute atomic E-state index is 12.8. The predicted octanol–water partition coefficient (Wildman–Crippen LogP) is 2.91. The molecule has 0 atom stereocenters. The van der Waals surface area contributed by atoms with Crippen LogP contribution in [0.3, 0.4) is 0 Å². The van der Waals surface area contributed by atoms with E-state index < -0.39 is 0 Å². The van der Waals surface area contributed by atoms with Gasteiger partial charge in [-0.25, -0.2) is 13.9 Å². The zero-order valence-corrected chi connectivity index (χ0v) is 9.33. The first-order valence-electron chi connectivity index (χ1n) is 4.81. The lowest BCUT2D eigenvalue weighted by Gasteiger charge is -1.98. The number of nitrogens with zero attached hydrogens (tertiary/aromatic N) is 3. The molecule has 3 rings (SSSR count). The molecule has 1 aromatic carbocycles. The molecule has 0 unspecified atom stereocenters. The minimum absolute atomic E-state index is 0.221. The van der Waals surface area contributed by atoms with Crippen molar-refractivity contribution in [3.05, 3.63) is 42.1 Å². The second-order valence-corrected chi connectivity index (χ2v) is 4.46. The van der Waals surface area contributed by atoms with Gasteiger partial charge >= 0.3 is 0 Å². The molecule has 0 saturated carbocycles. The molecule has 0 aliphatic heterocycles. The Labute approximate surface area is 95.2 Å². The van der Waals surface area contributed by atoms with E-state index in [2.05, 4.69) is 10.1 Å². The lowest BCUT2D eigenvalue weighted by Crippen LogP contribution is -1.87. The number of benzene rings is 1. The summed E-state index contributed by atoms with van der Waals surface area (Å²) in [5, 5.41) is 4.12. The number of aromatic nitrogens is 3. The van der Waals surface area contributed by atoms with Crippen LogP contribution in [0.4, 0.5) is 4.39 Å². The lowest BCUT2D eigenvalue weighted by atomic mass is 10.1. The molecule has 0 spiro atoms. The van der Waals surface area contributed by atoms with Crippen LogP contribution in [0.5, 0.6) is 0 Å². The van der Waals surface area contributed by atoms with Gasteiger partial charge in [-0.05, 0) is 24.6 Å². The molecule has 2 heterocycles. The van der Waals surface area contributed by atoms with E-state index in [4.69, 9.17) is 0 Å². The maximum atomic E-state index is 12.8. The number of aryl methyl sites for hydroxylation is 1. The standard InChI is InChI=1S/C11H8FN3S/c1-7-10(8-2-4-9(12)5-3-8)16-11-13-6-14-15(7)11/h2-6H,1H3. The van der Waals surface area contributed by atoms with Crippen LogP contribution in [-0.4, -0.2) is 14.6 Å². The van der Waals surface area contributed by atoms with E-state index in [9.17, 15) is 4.39 Å². The number of hydrogen-bond acceptors (Lipinski definition) is 3. The van der Waals surface area contributed by atoms with Crippen molar-refractivity contribution in [2.75, 3.05) is 0 Å². The summed E-state index contributed by atoms with van der Waals surface area (Å²) in [7, 11) is 0. The average Bonchev–Trinajstić information content (AvgIpc) is 2.84. The third kappa shape index (κ3) is 1.32. The van der Waals surface area contributed by atoms with E-state index >= 15 is 0 Å². The van der Waals surface area contributed by atoms with Crippen LogP contribution in [0.25, 0.3) is 15.4 Å². The van der Waals surface area contributed by atoms with Gasteiger partial charge in [0, 0.05) is 0 Å². The van der Waals surface area contributed by atoms with Gasteiger partial charge in [0.1, 0.15) is 12.1 Å². The van der Waals surface area contributed by atoms with Gasteiger partial charge in [-0.15, -0.1) is 0 Å². The van der Waals surface area contributed by atoms with Gasteiger partial charge in [0.15, 0.2) is 0 Å². The summed E-state index contributed by atoms with van der Waals surface area (Å²) in [5.74, 6) is -0.221. The Balaban J connectivity index is 2.21.